The van der Waals surface area contributed by atoms with E-state index in [1.54, 1.807) is 0 Å². The van der Waals surface area contributed by atoms with Crippen molar-refractivity contribution in [2.75, 3.05) is 11.4 Å². The Morgan fingerprint density at radius 3 is 2.46 bits per heavy atom. The first-order valence-corrected chi connectivity index (χ1v) is 10.3. The van der Waals surface area contributed by atoms with Gasteiger partial charge >= 0.3 is 0 Å². The Labute approximate surface area is 165 Å². The van der Waals surface area contributed by atoms with Gasteiger partial charge in [-0.3, -0.25) is 0 Å². The molecule has 3 nitrogen and oxygen atoms in total. The van der Waals surface area contributed by atoms with E-state index in [4.69, 9.17) is 0 Å². The van der Waals surface area contributed by atoms with E-state index in [-0.39, 0.29) is 5.92 Å². The van der Waals surface area contributed by atoms with Crippen LogP contribution in [0.5, 0.6) is 0 Å². The highest BCUT2D eigenvalue weighted by Gasteiger charge is 2.47. The lowest BCUT2D eigenvalue weighted by Crippen LogP contribution is -2.46. The predicted octanol–water partition coefficient (Wildman–Crippen LogP) is 3.94. The van der Waals surface area contributed by atoms with Gasteiger partial charge in [-0.1, -0.05) is 54.6 Å². The lowest BCUT2D eigenvalue weighted by molar-refractivity contribution is -0.255. The minimum Gasteiger partial charge on any atom is -0.545 e. The molecule has 28 heavy (non-hydrogen) atoms. The number of rotatable bonds is 2. The maximum Gasteiger partial charge on any atom is 0.0715 e. The number of nitrogens with zero attached hydrogens (tertiary/aromatic N) is 1. The van der Waals surface area contributed by atoms with Gasteiger partial charge in [0, 0.05) is 24.1 Å². The van der Waals surface area contributed by atoms with Crippen LogP contribution in [0.4, 0.5) is 5.69 Å². The molecule has 4 aliphatic rings. The monoisotopic (exact) mass is 368 g/mol. The van der Waals surface area contributed by atoms with Crippen LogP contribution < -0.4 is 10.0 Å². The summed E-state index contributed by atoms with van der Waals surface area (Å²) in [5, 5.41) is 11.8. The van der Waals surface area contributed by atoms with E-state index < -0.39 is 5.97 Å². The first-order chi connectivity index (χ1) is 13.7. The van der Waals surface area contributed by atoms with E-state index in [0.29, 0.717) is 29.4 Å². The Kier molecular flexibility index (Phi) is 3.37. The third kappa shape index (κ3) is 2.13. The van der Waals surface area contributed by atoms with E-state index in [1.165, 1.54) is 22.4 Å². The van der Waals surface area contributed by atoms with E-state index in [9.17, 15) is 9.90 Å². The number of anilines is 1. The topological polar surface area (TPSA) is 43.4 Å². The van der Waals surface area contributed by atoms with Gasteiger partial charge in [0.2, 0.25) is 0 Å². The molecule has 5 atom stereocenters. The zero-order valence-corrected chi connectivity index (χ0v) is 15.6. The fraction of sp³-hybridized carbons (Fsp3) is 0.320. The minimum absolute atomic E-state index is 0.274. The standard InChI is InChI=1S/C25H23NO2/c27-25(28)17-12-21-18-9-4-8-16(18)14-26-23(15-6-2-1-3-7-15)20-11-5-10-19(20)22(13-17)24(21)26/h1-7,9-10,12-13,16,18-20,23H,8,11,14H2,(H,27,28)/p-1/t16-,18+,19+,20-,23+/m1/s1. The second kappa shape index (κ2) is 5.84. The number of carbonyl (C=O) groups excluding carboxylic acids is 1. The SMILES string of the molecule is O=C([O-])c1cc2c3c(c1)[C@H]1C=CC[C@H]1[C@H](c1ccccc1)N3C[C@H]1CC=C[C@H]21. The Morgan fingerprint density at radius 1 is 0.964 bits per heavy atom. The van der Waals surface area contributed by atoms with Crippen LogP contribution >= 0.6 is 0 Å². The molecule has 0 aromatic heterocycles. The smallest absolute Gasteiger partial charge is 0.0715 e. The van der Waals surface area contributed by atoms with Gasteiger partial charge in [-0.05, 0) is 59.1 Å². The largest absolute Gasteiger partial charge is 0.545 e. The summed E-state index contributed by atoms with van der Waals surface area (Å²) in [5.74, 6) is 0.498. The number of hydrogen-bond acceptors (Lipinski definition) is 3. The first kappa shape index (κ1) is 16.2. The fourth-order valence-electron chi connectivity index (χ4n) is 6.12. The van der Waals surface area contributed by atoms with E-state index in [0.717, 1.165) is 19.4 Å². The van der Waals surface area contributed by atoms with Crippen LogP contribution in [0.3, 0.4) is 0 Å². The van der Waals surface area contributed by atoms with E-state index >= 15 is 0 Å². The third-order valence-corrected chi connectivity index (χ3v) is 7.23. The number of carboxylic acid groups (broad SMARTS) is 1. The van der Waals surface area contributed by atoms with Gasteiger partial charge in [0.05, 0.1) is 12.0 Å². The zero-order valence-electron chi connectivity index (χ0n) is 15.6. The summed E-state index contributed by atoms with van der Waals surface area (Å²) in [4.78, 5) is 14.4. The Balaban J connectivity index is 1.61. The van der Waals surface area contributed by atoms with Gasteiger partial charge in [-0.15, -0.1) is 0 Å². The van der Waals surface area contributed by atoms with Crippen LogP contribution in [0.25, 0.3) is 0 Å². The van der Waals surface area contributed by atoms with Crippen molar-refractivity contribution in [1.29, 1.82) is 0 Å². The quantitative estimate of drug-likeness (QED) is 0.754. The highest BCUT2D eigenvalue weighted by molar-refractivity contribution is 5.89. The lowest BCUT2D eigenvalue weighted by Gasteiger charge is -2.51. The Bertz CT molecular complexity index is 1010. The highest BCUT2D eigenvalue weighted by Crippen LogP contribution is 2.58. The van der Waals surface area contributed by atoms with Crippen molar-refractivity contribution in [3.05, 3.63) is 89.0 Å². The van der Waals surface area contributed by atoms with Crippen molar-refractivity contribution in [1.82, 2.24) is 0 Å². The molecule has 0 unspecified atom stereocenters. The normalized spacial score (nSPS) is 31.4. The average Bonchev–Trinajstić information content (AvgIpc) is 3.38. The molecule has 6 rings (SSSR count). The number of aromatic carboxylic acids is 1. The molecule has 0 saturated carbocycles. The Hall–Kier alpha value is -2.81. The van der Waals surface area contributed by atoms with Crippen LogP contribution in [-0.2, 0) is 0 Å². The van der Waals surface area contributed by atoms with Crippen LogP contribution in [0, 0.1) is 11.8 Å². The molecule has 2 aromatic rings. The van der Waals surface area contributed by atoms with Gasteiger partial charge in [0.1, 0.15) is 0 Å². The summed E-state index contributed by atoms with van der Waals surface area (Å²) >= 11 is 0. The summed E-state index contributed by atoms with van der Waals surface area (Å²) in [6, 6.07) is 14.9. The van der Waals surface area contributed by atoms with Crippen LogP contribution in [0.15, 0.2) is 66.8 Å². The molecule has 2 aliphatic heterocycles. The molecule has 2 aromatic carbocycles. The van der Waals surface area contributed by atoms with Crippen LogP contribution in [0.2, 0.25) is 0 Å². The van der Waals surface area contributed by atoms with Gasteiger partial charge < -0.3 is 14.8 Å². The number of allylic oxidation sites excluding steroid dienone is 4. The molecule has 0 radical (unpaired) electrons. The molecule has 3 heteroatoms. The van der Waals surface area contributed by atoms with Gasteiger partial charge in [-0.2, -0.15) is 0 Å². The minimum atomic E-state index is -1.07. The summed E-state index contributed by atoms with van der Waals surface area (Å²) in [6.45, 7) is 1.03. The molecular formula is C25H22NO2-. The number of benzene rings is 2. The molecule has 2 aliphatic carbocycles. The second-order valence-corrected chi connectivity index (χ2v) is 8.60. The predicted molar refractivity (Wildman–Crippen MR) is 107 cm³/mol. The number of fused-ring (bicyclic) bond motifs is 4. The molecule has 0 amide bonds. The molecule has 0 fully saturated rings. The van der Waals surface area contributed by atoms with Gasteiger partial charge in [-0.25, -0.2) is 0 Å². The van der Waals surface area contributed by atoms with E-state index in [1.807, 2.05) is 12.1 Å². The summed E-state index contributed by atoms with van der Waals surface area (Å²) in [5.41, 5.74) is 5.33. The molecular weight excluding hydrogens is 346 g/mol. The first-order valence-electron chi connectivity index (χ1n) is 10.3. The summed E-state index contributed by atoms with van der Waals surface area (Å²) < 4.78 is 0. The van der Waals surface area contributed by atoms with Crippen molar-refractivity contribution in [2.45, 2.75) is 30.7 Å². The molecule has 0 saturated heterocycles. The molecule has 0 N–H and O–H groups in total. The van der Waals surface area contributed by atoms with Crippen molar-refractivity contribution >= 4 is 11.7 Å². The number of hydrogen-bond donors (Lipinski definition) is 0. The molecule has 140 valence electrons. The van der Waals surface area contributed by atoms with Crippen molar-refractivity contribution in [2.24, 2.45) is 11.8 Å². The fourth-order valence-corrected chi connectivity index (χ4v) is 6.12. The molecule has 0 bridgehead atoms. The van der Waals surface area contributed by atoms with Crippen molar-refractivity contribution in [3.63, 3.8) is 0 Å². The third-order valence-electron chi connectivity index (χ3n) is 7.23. The average molecular weight is 368 g/mol. The van der Waals surface area contributed by atoms with Gasteiger partial charge in [0.25, 0.3) is 0 Å². The van der Waals surface area contributed by atoms with Crippen LogP contribution in [0.1, 0.15) is 57.8 Å². The van der Waals surface area contributed by atoms with Crippen LogP contribution in [-0.4, -0.2) is 12.5 Å². The molecule has 2 heterocycles. The van der Waals surface area contributed by atoms with E-state index in [2.05, 4.69) is 59.5 Å². The second-order valence-electron chi connectivity index (χ2n) is 8.60. The Morgan fingerprint density at radius 2 is 1.68 bits per heavy atom. The van der Waals surface area contributed by atoms with Crippen molar-refractivity contribution < 1.29 is 9.90 Å². The number of carbonyl (C=O) groups is 1. The van der Waals surface area contributed by atoms with Crippen molar-refractivity contribution in [3.8, 4) is 0 Å². The molecule has 0 spiro atoms. The maximum absolute atomic E-state index is 11.8. The number of carboxylic acids is 1. The summed E-state index contributed by atoms with van der Waals surface area (Å²) in [6.07, 6.45) is 11.2. The zero-order chi connectivity index (χ0) is 18.8. The highest BCUT2D eigenvalue weighted by atomic mass is 16.4. The van der Waals surface area contributed by atoms with Gasteiger partial charge in [0.15, 0.2) is 0 Å². The lowest BCUT2D eigenvalue weighted by atomic mass is 9.70. The maximum atomic E-state index is 11.8. The summed E-state index contributed by atoms with van der Waals surface area (Å²) in [7, 11) is 0.